The van der Waals surface area contributed by atoms with Crippen molar-refractivity contribution in [1.82, 2.24) is 0 Å². The maximum Gasteiger partial charge on any atom is 0.0386 e. The minimum absolute atomic E-state index is 0.894. The first kappa shape index (κ1) is 13.5. The molecular formula is C15H22N2. The summed E-state index contributed by atoms with van der Waals surface area (Å²) in [6.07, 6.45) is 3.08. The minimum atomic E-state index is 0.894. The lowest BCUT2D eigenvalue weighted by atomic mass is 10.0. The molecule has 2 heteroatoms. The number of anilines is 1. The van der Waals surface area contributed by atoms with Crippen molar-refractivity contribution >= 4 is 17.5 Å². The normalized spacial score (nSPS) is 10.6. The Kier molecular flexibility index (Phi) is 5.47. The van der Waals surface area contributed by atoms with Gasteiger partial charge in [0.05, 0.1) is 0 Å². The van der Waals surface area contributed by atoms with Crippen LogP contribution in [-0.2, 0) is 0 Å². The summed E-state index contributed by atoms with van der Waals surface area (Å²) in [7, 11) is 1.93. The van der Waals surface area contributed by atoms with Crippen molar-refractivity contribution in [1.29, 1.82) is 0 Å². The number of benzene rings is 1. The van der Waals surface area contributed by atoms with E-state index in [1.165, 1.54) is 16.7 Å². The molecule has 92 valence electrons. The molecule has 1 aromatic rings. The fourth-order valence-corrected chi connectivity index (χ4v) is 1.59. The summed E-state index contributed by atoms with van der Waals surface area (Å²) in [6.45, 7) is 7.28. The lowest BCUT2D eigenvalue weighted by Gasteiger charge is -2.06. The summed E-state index contributed by atoms with van der Waals surface area (Å²) in [5.74, 6) is 0. The largest absolute Gasteiger partial charge is 0.388 e. The Hall–Kier alpha value is -1.57. The van der Waals surface area contributed by atoms with Gasteiger partial charge in [-0.1, -0.05) is 24.6 Å². The summed E-state index contributed by atoms with van der Waals surface area (Å²) in [5, 5.41) is 3.12. The number of nitrogens with one attached hydrogen (secondary N) is 1. The highest BCUT2D eigenvalue weighted by Crippen LogP contribution is 2.19. The van der Waals surface area contributed by atoms with Crippen LogP contribution >= 0.6 is 0 Å². The summed E-state index contributed by atoms with van der Waals surface area (Å²) in [4.78, 5) is 4.43. The highest BCUT2D eigenvalue weighted by molar-refractivity contribution is 6.10. The fraction of sp³-hybridized carbons (Fsp3) is 0.400. The summed E-state index contributed by atoms with van der Waals surface area (Å²) in [6, 6.07) is 8.44. The van der Waals surface area contributed by atoms with Gasteiger partial charge in [0.2, 0.25) is 0 Å². The maximum atomic E-state index is 4.43. The Morgan fingerprint density at radius 2 is 1.88 bits per heavy atom. The first-order valence-electron chi connectivity index (χ1n) is 6.14. The topological polar surface area (TPSA) is 24.4 Å². The lowest BCUT2D eigenvalue weighted by Crippen LogP contribution is -1.92. The van der Waals surface area contributed by atoms with E-state index in [0.717, 1.165) is 18.7 Å². The van der Waals surface area contributed by atoms with Crippen molar-refractivity contribution < 1.29 is 0 Å². The third-order valence-corrected chi connectivity index (χ3v) is 2.60. The van der Waals surface area contributed by atoms with Gasteiger partial charge in [0.25, 0.3) is 0 Å². The maximum absolute atomic E-state index is 4.43. The molecule has 0 heterocycles. The Morgan fingerprint density at radius 3 is 2.35 bits per heavy atom. The molecule has 2 nitrogen and oxygen atoms in total. The predicted octanol–water partition coefficient (Wildman–Crippen LogP) is 4.00. The van der Waals surface area contributed by atoms with Gasteiger partial charge in [0.15, 0.2) is 0 Å². The fourth-order valence-electron chi connectivity index (χ4n) is 1.59. The van der Waals surface area contributed by atoms with Crippen LogP contribution in [-0.4, -0.2) is 19.8 Å². The Morgan fingerprint density at radius 1 is 1.24 bits per heavy atom. The average Bonchev–Trinajstić information content (AvgIpc) is 2.34. The molecule has 0 bridgehead atoms. The number of nitrogens with zero attached hydrogens (tertiary/aromatic N) is 1. The number of rotatable bonds is 5. The zero-order chi connectivity index (χ0) is 12.7. The molecule has 0 spiro atoms. The first-order valence-corrected chi connectivity index (χ1v) is 6.14. The molecule has 0 aliphatic heterocycles. The van der Waals surface area contributed by atoms with E-state index in [9.17, 15) is 0 Å². The number of allylic oxidation sites excluding steroid dienone is 2. The minimum Gasteiger partial charge on any atom is -0.388 e. The van der Waals surface area contributed by atoms with E-state index in [2.05, 4.69) is 55.3 Å². The summed E-state index contributed by atoms with van der Waals surface area (Å²) < 4.78 is 0. The molecule has 0 radical (unpaired) electrons. The standard InChI is InChI=1S/C15H22N2/c1-5-10-17-11-15(12(2)3)13-6-8-14(16-4)9-7-13/h6-9,11,16H,5,10H2,1-4H3/b17-11-. The van der Waals surface area contributed by atoms with Crippen LogP contribution in [0.1, 0.15) is 32.8 Å². The molecule has 0 aromatic heterocycles. The van der Waals surface area contributed by atoms with Gasteiger partial charge in [-0.15, -0.1) is 0 Å². The smallest absolute Gasteiger partial charge is 0.0386 e. The van der Waals surface area contributed by atoms with E-state index >= 15 is 0 Å². The van der Waals surface area contributed by atoms with Crippen LogP contribution < -0.4 is 5.32 Å². The second kappa shape index (κ2) is 6.89. The molecule has 0 aliphatic rings. The van der Waals surface area contributed by atoms with E-state index in [4.69, 9.17) is 0 Å². The average molecular weight is 230 g/mol. The van der Waals surface area contributed by atoms with E-state index in [0.29, 0.717) is 0 Å². The Labute approximate surface area is 104 Å². The second-order valence-corrected chi connectivity index (χ2v) is 4.28. The van der Waals surface area contributed by atoms with Gasteiger partial charge < -0.3 is 5.32 Å². The van der Waals surface area contributed by atoms with Crippen molar-refractivity contribution in [2.75, 3.05) is 18.9 Å². The third-order valence-electron chi connectivity index (χ3n) is 2.60. The second-order valence-electron chi connectivity index (χ2n) is 4.28. The first-order chi connectivity index (χ1) is 8.19. The van der Waals surface area contributed by atoms with E-state index in [1.54, 1.807) is 0 Å². The molecule has 1 N–H and O–H groups in total. The van der Waals surface area contributed by atoms with Gasteiger partial charge in [-0.2, -0.15) is 0 Å². The summed E-state index contributed by atoms with van der Waals surface area (Å²) in [5.41, 5.74) is 4.87. The predicted molar refractivity (Wildman–Crippen MR) is 77.9 cm³/mol. The van der Waals surface area contributed by atoms with E-state index in [-0.39, 0.29) is 0 Å². The monoisotopic (exact) mass is 230 g/mol. The molecule has 0 aliphatic carbocycles. The van der Waals surface area contributed by atoms with Gasteiger partial charge >= 0.3 is 0 Å². The van der Waals surface area contributed by atoms with Crippen molar-refractivity contribution in [3.05, 3.63) is 35.4 Å². The highest BCUT2D eigenvalue weighted by atomic mass is 14.8. The van der Waals surface area contributed by atoms with Gasteiger partial charge in [-0.05, 0) is 43.5 Å². The van der Waals surface area contributed by atoms with Crippen LogP contribution in [0, 0.1) is 0 Å². The van der Waals surface area contributed by atoms with Gasteiger partial charge in [0, 0.05) is 25.5 Å². The zero-order valence-electron chi connectivity index (χ0n) is 11.2. The SMILES string of the molecule is CCC/N=C\C(=C(C)C)c1ccc(NC)cc1. The van der Waals surface area contributed by atoms with Crippen LogP contribution in [0.15, 0.2) is 34.8 Å². The van der Waals surface area contributed by atoms with Crippen molar-refractivity contribution in [2.24, 2.45) is 4.99 Å². The quantitative estimate of drug-likeness (QED) is 0.760. The van der Waals surface area contributed by atoms with Crippen LogP contribution in [0.2, 0.25) is 0 Å². The number of hydrogen-bond donors (Lipinski definition) is 1. The molecule has 0 atom stereocenters. The van der Waals surface area contributed by atoms with Gasteiger partial charge in [0.1, 0.15) is 0 Å². The molecule has 0 unspecified atom stereocenters. The van der Waals surface area contributed by atoms with E-state index in [1.807, 2.05) is 13.3 Å². The van der Waals surface area contributed by atoms with Crippen molar-refractivity contribution in [2.45, 2.75) is 27.2 Å². The number of hydrogen-bond acceptors (Lipinski definition) is 2. The molecule has 0 amide bonds. The molecule has 0 saturated heterocycles. The Bertz CT molecular complexity index is 395. The number of aliphatic imine (C=N–C) groups is 1. The van der Waals surface area contributed by atoms with Crippen LogP contribution in [0.5, 0.6) is 0 Å². The van der Waals surface area contributed by atoms with Crippen LogP contribution in [0.4, 0.5) is 5.69 Å². The molecule has 0 saturated carbocycles. The molecule has 17 heavy (non-hydrogen) atoms. The zero-order valence-corrected chi connectivity index (χ0v) is 11.2. The molecule has 0 fully saturated rings. The molecular weight excluding hydrogens is 208 g/mol. The van der Waals surface area contributed by atoms with Gasteiger partial charge in [-0.25, -0.2) is 0 Å². The lowest BCUT2D eigenvalue weighted by molar-refractivity contribution is 0.938. The van der Waals surface area contributed by atoms with Gasteiger partial charge in [-0.3, -0.25) is 4.99 Å². The van der Waals surface area contributed by atoms with Crippen LogP contribution in [0.25, 0.3) is 5.57 Å². The Balaban J connectivity index is 2.95. The third kappa shape index (κ3) is 4.06. The molecule has 1 rings (SSSR count). The van der Waals surface area contributed by atoms with Crippen molar-refractivity contribution in [3.8, 4) is 0 Å². The van der Waals surface area contributed by atoms with Crippen molar-refractivity contribution in [3.63, 3.8) is 0 Å². The van der Waals surface area contributed by atoms with E-state index < -0.39 is 0 Å². The highest BCUT2D eigenvalue weighted by Gasteiger charge is 2.00. The summed E-state index contributed by atoms with van der Waals surface area (Å²) >= 11 is 0. The van der Waals surface area contributed by atoms with Crippen LogP contribution in [0.3, 0.4) is 0 Å². The molecule has 1 aromatic carbocycles.